The number of hydrogen-bond donors (Lipinski definition) is 2. The van der Waals surface area contributed by atoms with Gasteiger partial charge in [0.05, 0.1) is 11.2 Å². The molecule has 2 aromatic rings. The number of hydrogen-bond acceptors (Lipinski definition) is 3. The first-order valence-corrected chi connectivity index (χ1v) is 7.39. The minimum atomic E-state index is -0.00313. The van der Waals surface area contributed by atoms with Crippen LogP contribution >= 0.6 is 0 Å². The predicted octanol–water partition coefficient (Wildman–Crippen LogP) is 3.12. The monoisotopic (exact) mass is 272 g/mol. The normalized spacial score (nSPS) is 11.9. The van der Waals surface area contributed by atoms with Crippen LogP contribution in [0.5, 0.6) is 0 Å². The number of rotatable bonds is 7. The maximum atomic E-state index is 9.56. The Labute approximate surface area is 121 Å². The molecule has 0 saturated carbocycles. The van der Waals surface area contributed by atoms with E-state index in [1.807, 2.05) is 18.2 Å². The molecule has 0 saturated heterocycles. The first-order chi connectivity index (χ1) is 9.73. The van der Waals surface area contributed by atoms with Gasteiger partial charge < -0.3 is 10.4 Å². The molecule has 0 atom stereocenters. The Morgan fingerprint density at radius 1 is 1.10 bits per heavy atom. The predicted molar refractivity (Wildman–Crippen MR) is 83.6 cm³/mol. The van der Waals surface area contributed by atoms with E-state index in [9.17, 15) is 5.11 Å². The van der Waals surface area contributed by atoms with Crippen LogP contribution in [0.4, 0.5) is 0 Å². The van der Waals surface area contributed by atoms with Crippen LogP contribution in [0.2, 0.25) is 0 Å². The van der Waals surface area contributed by atoms with E-state index in [-0.39, 0.29) is 12.0 Å². The number of nitrogens with zero attached hydrogens (tertiary/aromatic N) is 1. The van der Waals surface area contributed by atoms with E-state index in [4.69, 9.17) is 0 Å². The van der Waals surface area contributed by atoms with Crippen molar-refractivity contribution < 1.29 is 5.11 Å². The topological polar surface area (TPSA) is 45.1 Å². The van der Waals surface area contributed by atoms with Crippen molar-refractivity contribution in [1.29, 1.82) is 0 Å². The molecule has 1 aromatic carbocycles. The quantitative estimate of drug-likeness (QED) is 0.814. The Morgan fingerprint density at radius 3 is 2.55 bits per heavy atom. The number of benzene rings is 1. The summed E-state index contributed by atoms with van der Waals surface area (Å²) >= 11 is 0. The van der Waals surface area contributed by atoms with Crippen molar-refractivity contribution >= 4 is 10.9 Å². The van der Waals surface area contributed by atoms with E-state index >= 15 is 0 Å². The standard InChI is InChI=1S/C17H24N2O/c1-3-17(4-2,13-20)12-18-11-15-10-9-14-7-5-6-8-16(14)19-15/h5-10,18,20H,3-4,11-13H2,1-2H3. The van der Waals surface area contributed by atoms with Crippen LogP contribution in [0.15, 0.2) is 36.4 Å². The van der Waals surface area contributed by atoms with E-state index in [0.717, 1.165) is 37.1 Å². The van der Waals surface area contributed by atoms with Gasteiger partial charge in [-0.1, -0.05) is 38.1 Å². The summed E-state index contributed by atoms with van der Waals surface area (Å²) in [7, 11) is 0. The molecule has 2 N–H and O–H groups in total. The van der Waals surface area contributed by atoms with E-state index in [2.05, 4.69) is 42.3 Å². The number of pyridine rings is 1. The lowest BCUT2D eigenvalue weighted by Gasteiger charge is -2.29. The van der Waals surface area contributed by atoms with Gasteiger partial charge in [-0.3, -0.25) is 4.98 Å². The van der Waals surface area contributed by atoms with Gasteiger partial charge in [-0.05, 0) is 25.0 Å². The third-order valence-electron chi connectivity index (χ3n) is 4.30. The Kier molecular flexibility index (Phi) is 5.10. The highest BCUT2D eigenvalue weighted by Gasteiger charge is 2.24. The summed E-state index contributed by atoms with van der Waals surface area (Å²) in [5, 5.41) is 14.2. The second-order valence-corrected chi connectivity index (χ2v) is 5.46. The molecule has 20 heavy (non-hydrogen) atoms. The second-order valence-electron chi connectivity index (χ2n) is 5.46. The largest absolute Gasteiger partial charge is 0.396 e. The lowest BCUT2D eigenvalue weighted by Crippen LogP contribution is -2.36. The third kappa shape index (κ3) is 3.35. The molecule has 0 spiro atoms. The average Bonchev–Trinajstić information content (AvgIpc) is 2.52. The molecular weight excluding hydrogens is 248 g/mol. The zero-order valence-electron chi connectivity index (χ0n) is 12.4. The fourth-order valence-electron chi connectivity index (χ4n) is 2.44. The molecule has 0 aliphatic rings. The number of aliphatic hydroxyl groups excluding tert-OH is 1. The summed E-state index contributed by atoms with van der Waals surface area (Å²) in [6, 6.07) is 12.3. The van der Waals surface area contributed by atoms with Gasteiger partial charge in [0, 0.05) is 30.5 Å². The zero-order valence-corrected chi connectivity index (χ0v) is 12.4. The average molecular weight is 272 g/mol. The molecule has 3 heteroatoms. The fraction of sp³-hybridized carbons (Fsp3) is 0.471. The van der Waals surface area contributed by atoms with E-state index in [1.165, 1.54) is 5.39 Å². The van der Waals surface area contributed by atoms with Crippen LogP contribution in [-0.4, -0.2) is 23.2 Å². The van der Waals surface area contributed by atoms with Crippen LogP contribution in [0.1, 0.15) is 32.4 Å². The molecule has 0 amide bonds. The number of nitrogens with one attached hydrogen (secondary N) is 1. The Bertz CT molecular complexity index is 541. The molecule has 0 aliphatic heterocycles. The molecule has 3 nitrogen and oxygen atoms in total. The Hall–Kier alpha value is -1.45. The summed E-state index contributed by atoms with van der Waals surface area (Å²) in [6.45, 7) is 6.07. The highest BCUT2D eigenvalue weighted by molar-refractivity contribution is 5.78. The maximum absolute atomic E-state index is 9.56. The van der Waals surface area contributed by atoms with Gasteiger partial charge in [0.2, 0.25) is 0 Å². The molecule has 108 valence electrons. The van der Waals surface area contributed by atoms with Gasteiger partial charge in [-0.2, -0.15) is 0 Å². The highest BCUT2D eigenvalue weighted by Crippen LogP contribution is 2.24. The first kappa shape index (κ1) is 14.9. The molecule has 0 radical (unpaired) electrons. The Morgan fingerprint density at radius 2 is 1.85 bits per heavy atom. The number of aromatic nitrogens is 1. The van der Waals surface area contributed by atoms with Crippen molar-refractivity contribution in [3.05, 3.63) is 42.1 Å². The minimum absolute atomic E-state index is 0.00313. The van der Waals surface area contributed by atoms with Crippen molar-refractivity contribution in [1.82, 2.24) is 10.3 Å². The molecule has 1 aromatic heterocycles. The minimum Gasteiger partial charge on any atom is -0.396 e. The van der Waals surface area contributed by atoms with Crippen LogP contribution in [0, 0.1) is 5.41 Å². The van der Waals surface area contributed by atoms with Gasteiger partial charge in [-0.15, -0.1) is 0 Å². The number of aliphatic hydroxyl groups is 1. The van der Waals surface area contributed by atoms with Gasteiger partial charge >= 0.3 is 0 Å². The van der Waals surface area contributed by atoms with E-state index < -0.39 is 0 Å². The molecule has 2 rings (SSSR count). The first-order valence-electron chi connectivity index (χ1n) is 7.39. The van der Waals surface area contributed by atoms with Crippen molar-refractivity contribution in [2.75, 3.05) is 13.2 Å². The molecule has 0 fully saturated rings. The lowest BCUT2D eigenvalue weighted by atomic mass is 9.83. The maximum Gasteiger partial charge on any atom is 0.0705 e. The summed E-state index contributed by atoms with van der Waals surface area (Å²) in [5.74, 6) is 0. The summed E-state index contributed by atoms with van der Waals surface area (Å²) in [5.41, 5.74) is 2.07. The summed E-state index contributed by atoms with van der Waals surface area (Å²) in [6.07, 6.45) is 1.97. The van der Waals surface area contributed by atoms with Crippen LogP contribution in [0.3, 0.4) is 0 Å². The van der Waals surface area contributed by atoms with Crippen molar-refractivity contribution in [3.8, 4) is 0 Å². The van der Waals surface area contributed by atoms with Crippen molar-refractivity contribution in [2.24, 2.45) is 5.41 Å². The van der Waals surface area contributed by atoms with Gasteiger partial charge in [-0.25, -0.2) is 0 Å². The van der Waals surface area contributed by atoms with Crippen LogP contribution < -0.4 is 5.32 Å². The zero-order chi connectivity index (χ0) is 14.4. The second kappa shape index (κ2) is 6.82. The SMILES string of the molecule is CCC(CC)(CO)CNCc1ccc2ccccc2n1. The van der Waals surface area contributed by atoms with Gasteiger partial charge in [0.1, 0.15) is 0 Å². The molecule has 0 aliphatic carbocycles. The number of fused-ring (bicyclic) bond motifs is 1. The third-order valence-corrected chi connectivity index (χ3v) is 4.30. The van der Waals surface area contributed by atoms with Gasteiger partial charge in [0.25, 0.3) is 0 Å². The molecule has 1 heterocycles. The fourth-order valence-corrected chi connectivity index (χ4v) is 2.44. The van der Waals surface area contributed by atoms with E-state index in [0.29, 0.717) is 0 Å². The molecular formula is C17H24N2O. The molecule has 0 bridgehead atoms. The Balaban J connectivity index is 1.99. The van der Waals surface area contributed by atoms with Crippen molar-refractivity contribution in [3.63, 3.8) is 0 Å². The summed E-state index contributed by atoms with van der Waals surface area (Å²) < 4.78 is 0. The van der Waals surface area contributed by atoms with E-state index in [1.54, 1.807) is 0 Å². The van der Waals surface area contributed by atoms with Crippen LogP contribution in [0.25, 0.3) is 10.9 Å². The highest BCUT2D eigenvalue weighted by atomic mass is 16.3. The van der Waals surface area contributed by atoms with Crippen LogP contribution in [-0.2, 0) is 6.54 Å². The molecule has 0 unspecified atom stereocenters. The van der Waals surface area contributed by atoms with Crippen molar-refractivity contribution in [2.45, 2.75) is 33.2 Å². The van der Waals surface area contributed by atoms with Gasteiger partial charge in [0.15, 0.2) is 0 Å². The summed E-state index contributed by atoms with van der Waals surface area (Å²) in [4.78, 5) is 4.65. The number of para-hydroxylation sites is 1. The lowest BCUT2D eigenvalue weighted by molar-refractivity contribution is 0.113. The smallest absolute Gasteiger partial charge is 0.0705 e.